The van der Waals surface area contributed by atoms with Crippen LogP contribution in [0.25, 0.3) is 0 Å². The Bertz CT molecular complexity index is 611. The van der Waals surface area contributed by atoms with Gasteiger partial charge in [0, 0.05) is 17.8 Å². The number of hydrogen-bond donors (Lipinski definition) is 0. The Kier molecular flexibility index (Phi) is 3.25. The highest BCUT2D eigenvalue weighted by Crippen LogP contribution is 2.26. The van der Waals surface area contributed by atoms with Gasteiger partial charge in [-0.15, -0.1) is 0 Å². The molecule has 3 nitrogen and oxygen atoms in total. The predicted octanol–water partition coefficient (Wildman–Crippen LogP) is 3.46. The fraction of sp³-hybridized carbons (Fsp3) is 0.0667. The molecule has 94 valence electrons. The van der Waals surface area contributed by atoms with Crippen molar-refractivity contribution in [2.45, 2.75) is 6.10 Å². The van der Waals surface area contributed by atoms with Gasteiger partial charge in [0.2, 0.25) is 0 Å². The minimum atomic E-state index is -0.329. The number of benzene rings is 2. The summed E-state index contributed by atoms with van der Waals surface area (Å²) in [5.74, 6) is 0. The van der Waals surface area contributed by atoms with Gasteiger partial charge in [-0.1, -0.05) is 65.8 Å². The van der Waals surface area contributed by atoms with Crippen molar-refractivity contribution >= 4 is 23.2 Å². The van der Waals surface area contributed by atoms with E-state index in [0.717, 1.165) is 16.8 Å². The molecule has 1 atom stereocenters. The van der Waals surface area contributed by atoms with Crippen molar-refractivity contribution < 1.29 is 9.57 Å². The molecule has 0 fully saturated rings. The van der Waals surface area contributed by atoms with E-state index in [9.17, 15) is 0 Å². The van der Waals surface area contributed by atoms with Gasteiger partial charge in [-0.3, -0.25) is 0 Å². The second-order valence-electron chi connectivity index (χ2n) is 4.09. The van der Waals surface area contributed by atoms with Crippen LogP contribution in [0.3, 0.4) is 0 Å². The third kappa shape index (κ3) is 2.48. The van der Waals surface area contributed by atoms with Gasteiger partial charge in [0.25, 0.3) is 0 Å². The zero-order valence-electron chi connectivity index (χ0n) is 10.0. The zero-order valence-corrected chi connectivity index (χ0v) is 10.8. The third-order valence-electron chi connectivity index (χ3n) is 2.85. The van der Waals surface area contributed by atoms with E-state index in [1.807, 2.05) is 60.7 Å². The summed E-state index contributed by atoms with van der Waals surface area (Å²) in [7, 11) is 0. The summed E-state index contributed by atoms with van der Waals surface area (Å²) < 4.78 is 5.62. The van der Waals surface area contributed by atoms with Crippen LogP contribution in [-0.2, 0) is 9.57 Å². The Balaban J connectivity index is 2.03. The quantitative estimate of drug-likeness (QED) is 0.782. The van der Waals surface area contributed by atoms with Crippen LogP contribution >= 0.6 is 12.2 Å². The molecule has 0 saturated heterocycles. The molecular weight excluding hydrogens is 258 g/mol. The molecule has 0 aromatic heterocycles. The normalized spacial score (nSPS) is 18.2. The first-order chi connectivity index (χ1) is 9.34. The molecule has 0 amide bonds. The van der Waals surface area contributed by atoms with Crippen LogP contribution < -0.4 is 0 Å². The molecule has 0 aliphatic carbocycles. The average Bonchev–Trinajstić information content (AvgIpc) is 2.49. The lowest BCUT2D eigenvalue weighted by molar-refractivity contribution is 0.133. The summed E-state index contributed by atoms with van der Waals surface area (Å²) in [4.78, 5) is 4.99. The maximum Gasteiger partial charge on any atom is 0.381 e. The van der Waals surface area contributed by atoms with Gasteiger partial charge < -0.3 is 9.57 Å². The van der Waals surface area contributed by atoms with E-state index in [0.29, 0.717) is 0 Å². The lowest BCUT2D eigenvalue weighted by atomic mass is 9.99. The summed E-state index contributed by atoms with van der Waals surface area (Å²) in [6, 6.07) is 19.6. The fourth-order valence-electron chi connectivity index (χ4n) is 1.97. The molecule has 2 aromatic carbocycles. The molecule has 3 rings (SSSR count). The van der Waals surface area contributed by atoms with Crippen LogP contribution in [0.2, 0.25) is 0 Å². The van der Waals surface area contributed by atoms with Crippen LogP contribution in [0.1, 0.15) is 17.2 Å². The number of thiocarbonyl (C=S) groups is 1. The van der Waals surface area contributed by atoms with E-state index in [2.05, 4.69) is 5.16 Å². The molecule has 1 unspecified atom stereocenters. The molecule has 4 heteroatoms. The van der Waals surface area contributed by atoms with Gasteiger partial charge in [0.15, 0.2) is 6.10 Å². The number of rotatable bonds is 2. The van der Waals surface area contributed by atoms with Gasteiger partial charge in [-0.05, 0) is 5.56 Å². The topological polar surface area (TPSA) is 30.8 Å². The standard InChI is InChI=1S/C15H11NO2S/c19-15-17-14(12-9-5-2-6-10-12)13(16-18-15)11-7-3-1-4-8-11/h1-10,14H. The highest BCUT2D eigenvalue weighted by atomic mass is 32.1. The summed E-state index contributed by atoms with van der Waals surface area (Å²) in [5.41, 5.74) is 2.68. The molecule has 0 spiro atoms. The highest BCUT2D eigenvalue weighted by molar-refractivity contribution is 7.79. The molecule has 0 saturated carbocycles. The predicted molar refractivity (Wildman–Crippen MR) is 76.9 cm³/mol. The Morgan fingerprint density at radius 1 is 0.895 bits per heavy atom. The second kappa shape index (κ2) is 5.20. The van der Waals surface area contributed by atoms with E-state index >= 15 is 0 Å². The molecule has 19 heavy (non-hydrogen) atoms. The van der Waals surface area contributed by atoms with Gasteiger partial charge in [-0.2, -0.15) is 0 Å². The van der Waals surface area contributed by atoms with E-state index in [4.69, 9.17) is 21.8 Å². The van der Waals surface area contributed by atoms with Crippen molar-refractivity contribution in [2.75, 3.05) is 0 Å². The largest absolute Gasteiger partial charge is 0.440 e. The first kappa shape index (κ1) is 11.9. The van der Waals surface area contributed by atoms with E-state index in [1.54, 1.807) is 0 Å². The Labute approximate surface area is 116 Å². The maximum atomic E-state index is 5.62. The van der Waals surface area contributed by atoms with Crippen LogP contribution in [0.5, 0.6) is 0 Å². The van der Waals surface area contributed by atoms with Crippen LogP contribution in [0, 0.1) is 0 Å². The number of oxime groups is 1. The number of nitrogens with zero attached hydrogens (tertiary/aromatic N) is 1. The molecule has 1 heterocycles. The molecule has 1 aliphatic heterocycles. The molecule has 0 N–H and O–H groups in total. The van der Waals surface area contributed by atoms with Gasteiger partial charge in [-0.25, -0.2) is 0 Å². The van der Waals surface area contributed by atoms with Gasteiger partial charge in [0.05, 0.1) is 0 Å². The lowest BCUT2D eigenvalue weighted by Gasteiger charge is -2.24. The van der Waals surface area contributed by atoms with Gasteiger partial charge in [0.1, 0.15) is 5.71 Å². The van der Waals surface area contributed by atoms with Gasteiger partial charge >= 0.3 is 5.24 Å². The van der Waals surface area contributed by atoms with Crippen LogP contribution in [0.4, 0.5) is 0 Å². The summed E-state index contributed by atoms with van der Waals surface area (Å²) >= 11 is 4.93. The van der Waals surface area contributed by atoms with E-state index < -0.39 is 0 Å². The Morgan fingerprint density at radius 2 is 1.53 bits per heavy atom. The van der Waals surface area contributed by atoms with Crippen molar-refractivity contribution in [3.63, 3.8) is 0 Å². The van der Waals surface area contributed by atoms with E-state index in [-0.39, 0.29) is 11.3 Å². The van der Waals surface area contributed by atoms with Crippen molar-refractivity contribution in [1.29, 1.82) is 0 Å². The second-order valence-corrected chi connectivity index (χ2v) is 4.43. The monoisotopic (exact) mass is 269 g/mol. The average molecular weight is 269 g/mol. The smallest absolute Gasteiger partial charge is 0.381 e. The Hall–Kier alpha value is -2.20. The summed E-state index contributed by atoms with van der Waals surface area (Å²) in [5, 5.41) is 4.14. The summed E-state index contributed by atoms with van der Waals surface area (Å²) in [6.07, 6.45) is -0.329. The van der Waals surface area contributed by atoms with Crippen LogP contribution in [-0.4, -0.2) is 10.9 Å². The third-order valence-corrected chi connectivity index (χ3v) is 3.02. The molecule has 2 aromatic rings. The SMILES string of the molecule is S=C1ON=C(c2ccccc2)C(c2ccccc2)O1. The van der Waals surface area contributed by atoms with Crippen molar-refractivity contribution in [1.82, 2.24) is 0 Å². The zero-order chi connectivity index (χ0) is 13.1. The minimum absolute atomic E-state index is 0.0496. The first-order valence-corrected chi connectivity index (χ1v) is 6.31. The van der Waals surface area contributed by atoms with Crippen molar-refractivity contribution in [3.8, 4) is 0 Å². The minimum Gasteiger partial charge on any atom is -0.440 e. The molecule has 1 aliphatic rings. The molecule has 0 radical (unpaired) electrons. The lowest BCUT2D eigenvalue weighted by Crippen LogP contribution is -2.25. The maximum absolute atomic E-state index is 5.62. The number of hydrogen-bond acceptors (Lipinski definition) is 4. The van der Waals surface area contributed by atoms with Crippen molar-refractivity contribution in [3.05, 3.63) is 71.8 Å². The van der Waals surface area contributed by atoms with Crippen LogP contribution in [0.15, 0.2) is 65.8 Å². The Morgan fingerprint density at radius 3 is 2.21 bits per heavy atom. The highest BCUT2D eigenvalue weighted by Gasteiger charge is 2.28. The number of ether oxygens (including phenoxy) is 1. The molecular formula is C15H11NO2S. The summed E-state index contributed by atoms with van der Waals surface area (Å²) in [6.45, 7) is 0. The first-order valence-electron chi connectivity index (χ1n) is 5.90. The van der Waals surface area contributed by atoms with Crippen molar-refractivity contribution in [2.24, 2.45) is 5.16 Å². The van der Waals surface area contributed by atoms with E-state index in [1.165, 1.54) is 0 Å². The fourth-order valence-corrected chi connectivity index (χ4v) is 2.11. The molecule has 0 bridgehead atoms.